The topological polar surface area (TPSA) is 83.3 Å². The summed E-state index contributed by atoms with van der Waals surface area (Å²) < 4.78 is 15.8. The average Bonchev–Trinajstić information content (AvgIpc) is 3.63. The normalized spacial score (nSPS) is 14.4. The van der Waals surface area contributed by atoms with Gasteiger partial charge < -0.3 is 9.15 Å². The molecule has 9 heteroatoms. The van der Waals surface area contributed by atoms with Crippen molar-refractivity contribution in [3.63, 3.8) is 0 Å². The van der Waals surface area contributed by atoms with Crippen molar-refractivity contribution >= 4 is 17.2 Å². The lowest BCUT2D eigenvalue weighted by atomic mass is 9.88. The lowest BCUT2D eigenvalue weighted by molar-refractivity contribution is 0.392. The number of fused-ring (bicyclic) bond motifs is 4. The summed E-state index contributed by atoms with van der Waals surface area (Å²) in [4.78, 5) is 9.53. The molecule has 0 radical (unpaired) electrons. The van der Waals surface area contributed by atoms with Gasteiger partial charge in [0.2, 0.25) is 11.8 Å². The van der Waals surface area contributed by atoms with Gasteiger partial charge in [-0.05, 0) is 48.9 Å². The van der Waals surface area contributed by atoms with Gasteiger partial charge in [-0.2, -0.15) is 5.10 Å². The molecular weight excluding hydrogens is 476 g/mol. The smallest absolute Gasteiger partial charge is 0.230 e. The molecule has 1 atom stereocenters. The molecule has 0 bridgehead atoms. The van der Waals surface area contributed by atoms with Crippen LogP contribution in [0.2, 0.25) is 5.02 Å². The van der Waals surface area contributed by atoms with Crippen LogP contribution in [-0.2, 0) is 6.42 Å². The molecule has 7 rings (SSSR count). The molecule has 0 fully saturated rings. The van der Waals surface area contributed by atoms with Gasteiger partial charge in [0.05, 0.1) is 34.7 Å². The number of rotatable bonds is 4. The summed E-state index contributed by atoms with van der Waals surface area (Å²) in [6.45, 7) is 1.97. The number of aryl methyl sites for hydroxylation is 1. The van der Waals surface area contributed by atoms with E-state index in [2.05, 4.69) is 17.1 Å². The van der Waals surface area contributed by atoms with Crippen molar-refractivity contribution in [2.24, 2.45) is 0 Å². The van der Waals surface area contributed by atoms with Gasteiger partial charge >= 0.3 is 0 Å². The van der Waals surface area contributed by atoms with Gasteiger partial charge in [-0.1, -0.05) is 41.9 Å². The second-order valence-electron chi connectivity index (χ2n) is 8.66. The van der Waals surface area contributed by atoms with E-state index in [0.29, 0.717) is 34.7 Å². The molecule has 1 aliphatic heterocycles. The summed E-state index contributed by atoms with van der Waals surface area (Å²) in [7, 11) is 0. The first-order valence-electron chi connectivity index (χ1n) is 11.5. The van der Waals surface area contributed by atoms with Gasteiger partial charge in [0.1, 0.15) is 12.1 Å². The molecule has 5 heterocycles. The van der Waals surface area contributed by atoms with Crippen LogP contribution in [0.5, 0.6) is 11.8 Å². The maximum Gasteiger partial charge on any atom is 0.230 e. The Kier molecular flexibility index (Phi) is 4.68. The first-order chi connectivity index (χ1) is 17.7. The second kappa shape index (κ2) is 8.07. The summed E-state index contributed by atoms with van der Waals surface area (Å²) in [5, 5.41) is 10.2. The Morgan fingerprint density at radius 3 is 2.56 bits per heavy atom. The van der Waals surface area contributed by atoms with Gasteiger partial charge in [0, 0.05) is 11.4 Å². The number of hydrogen-bond donors (Lipinski definition) is 0. The summed E-state index contributed by atoms with van der Waals surface area (Å²) in [5.41, 5.74) is 5.16. The van der Waals surface area contributed by atoms with Crippen LogP contribution >= 0.6 is 11.6 Å². The number of halogens is 1. The van der Waals surface area contributed by atoms with Crippen molar-refractivity contribution in [3.05, 3.63) is 118 Å². The molecule has 0 aliphatic carbocycles. The first-order valence-corrected chi connectivity index (χ1v) is 11.9. The molecule has 0 amide bonds. The van der Waals surface area contributed by atoms with Gasteiger partial charge in [-0.15, -0.1) is 5.10 Å². The lowest BCUT2D eigenvalue weighted by Crippen LogP contribution is -2.15. The zero-order valence-electron chi connectivity index (χ0n) is 19.2. The molecule has 0 N–H and O–H groups in total. The maximum atomic E-state index is 6.41. The van der Waals surface area contributed by atoms with E-state index in [9.17, 15) is 0 Å². The van der Waals surface area contributed by atoms with Crippen LogP contribution in [0.1, 0.15) is 39.9 Å². The Bertz CT molecular complexity index is 1710. The quantitative estimate of drug-likeness (QED) is 0.310. The molecule has 0 unspecified atom stereocenters. The standard InChI is InChI=1S/C27H19ClN6O2/c1-16-22-23(20-8-5-13-35-20)24-25-30-21(14-17-6-3-2-4-7-17)32-33(25)15-29-26(24)36-27(22)34(31-16)19-11-9-18(28)10-12-19/h2-13,15,23H,14H2,1H3/t23-/m0/s1. The fourth-order valence-electron chi connectivity index (χ4n) is 4.77. The Labute approximate surface area is 210 Å². The summed E-state index contributed by atoms with van der Waals surface area (Å²) in [6, 6.07) is 21.4. The third-order valence-electron chi connectivity index (χ3n) is 6.37. The van der Waals surface area contributed by atoms with Crippen LogP contribution in [0.25, 0.3) is 11.3 Å². The van der Waals surface area contributed by atoms with Crippen molar-refractivity contribution in [2.45, 2.75) is 19.3 Å². The number of benzene rings is 2. The Hall–Kier alpha value is -4.43. The van der Waals surface area contributed by atoms with Crippen LogP contribution in [0.15, 0.2) is 83.7 Å². The maximum absolute atomic E-state index is 6.41. The summed E-state index contributed by atoms with van der Waals surface area (Å²) >= 11 is 6.12. The van der Waals surface area contributed by atoms with E-state index in [1.165, 1.54) is 0 Å². The predicted octanol–water partition coefficient (Wildman–Crippen LogP) is 5.74. The SMILES string of the molecule is Cc1nn(-c2ccc(Cl)cc2)c2c1[C@H](c1ccco1)c1c(ncn3nc(Cc4ccccc4)nc13)O2. The third-order valence-corrected chi connectivity index (χ3v) is 6.62. The van der Waals surface area contributed by atoms with Crippen LogP contribution in [0.4, 0.5) is 0 Å². The van der Waals surface area contributed by atoms with Gasteiger partial charge in [0.15, 0.2) is 11.5 Å². The van der Waals surface area contributed by atoms with Gasteiger partial charge in [-0.3, -0.25) is 0 Å². The zero-order valence-corrected chi connectivity index (χ0v) is 19.9. The largest absolute Gasteiger partial charge is 0.468 e. The number of ether oxygens (including phenoxy) is 1. The average molecular weight is 495 g/mol. The molecule has 36 heavy (non-hydrogen) atoms. The van der Waals surface area contributed by atoms with E-state index in [4.69, 9.17) is 35.9 Å². The van der Waals surface area contributed by atoms with Gasteiger partial charge in [0.25, 0.3) is 0 Å². The monoisotopic (exact) mass is 494 g/mol. The lowest BCUT2D eigenvalue weighted by Gasteiger charge is -2.24. The van der Waals surface area contributed by atoms with Gasteiger partial charge in [-0.25, -0.2) is 19.2 Å². The highest BCUT2D eigenvalue weighted by atomic mass is 35.5. The highest BCUT2D eigenvalue weighted by Crippen LogP contribution is 2.49. The molecule has 1 aliphatic rings. The Morgan fingerprint density at radius 2 is 1.78 bits per heavy atom. The highest BCUT2D eigenvalue weighted by molar-refractivity contribution is 6.30. The molecule has 6 aromatic rings. The van der Waals surface area contributed by atoms with E-state index in [1.54, 1.807) is 21.8 Å². The Balaban J connectivity index is 1.42. The molecule has 4 aromatic heterocycles. The van der Waals surface area contributed by atoms with Crippen LogP contribution in [0.3, 0.4) is 0 Å². The van der Waals surface area contributed by atoms with E-state index in [-0.39, 0.29) is 5.92 Å². The highest BCUT2D eigenvalue weighted by Gasteiger charge is 2.39. The van der Waals surface area contributed by atoms with Crippen LogP contribution in [-0.4, -0.2) is 29.4 Å². The van der Waals surface area contributed by atoms with Crippen molar-refractivity contribution in [1.82, 2.24) is 29.4 Å². The molecule has 8 nitrogen and oxygen atoms in total. The minimum Gasteiger partial charge on any atom is -0.468 e. The van der Waals surface area contributed by atoms with Crippen molar-refractivity contribution < 1.29 is 9.15 Å². The zero-order chi connectivity index (χ0) is 24.2. The van der Waals surface area contributed by atoms with E-state index >= 15 is 0 Å². The Morgan fingerprint density at radius 1 is 0.944 bits per heavy atom. The number of nitrogens with zero attached hydrogens (tertiary/aromatic N) is 6. The summed E-state index contributed by atoms with van der Waals surface area (Å²) in [5.74, 6) is 2.18. The predicted molar refractivity (Wildman–Crippen MR) is 133 cm³/mol. The first kappa shape index (κ1) is 20.9. The van der Waals surface area contributed by atoms with Crippen LogP contribution < -0.4 is 4.74 Å². The molecule has 176 valence electrons. The minimum absolute atomic E-state index is 0.315. The van der Waals surface area contributed by atoms with E-state index in [1.807, 2.05) is 61.5 Å². The third kappa shape index (κ3) is 3.30. The second-order valence-corrected chi connectivity index (χ2v) is 9.10. The molecule has 0 spiro atoms. The molecule has 2 aromatic carbocycles. The summed E-state index contributed by atoms with van der Waals surface area (Å²) in [6.07, 6.45) is 3.92. The number of furan rings is 1. The number of hydrogen-bond acceptors (Lipinski definition) is 6. The van der Waals surface area contributed by atoms with Crippen LogP contribution in [0, 0.1) is 6.92 Å². The van der Waals surface area contributed by atoms with Crippen molar-refractivity contribution in [2.75, 3.05) is 0 Å². The fourth-order valence-corrected chi connectivity index (χ4v) is 4.90. The fraction of sp³-hybridized carbons (Fsp3) is 0.111. The molecular formula is C27H19ClN6O2. The molecule has 0 saturated heterocycles. The van der Waals surface area contributed by atoms with E-state index < -0.39 is 0 Å². The van der Waals surface area contributed by atoms with Crippen molar-refractivity contribution in [1.29, 1.82) is 0 Å². The number of aromatic nitrogens is 6. The molecule has 0 saturated carbocycles. The minimum atomic E-state index is -0.315. The van der Waals surface area contributed by atoms with Crippen molar-refractivity contribution in [3.8, 4) is 17.4 Å². The van der Waals surface area contributed by atoms with E-state index in [0.717, 1.165) is 33.8 Å².